The van der Waals surface area contributed by atoms with Crippen LogP contribution in [0, 0.1) is 6.92 Å². The largest absolute Gasteiger partial charge is 0.497 e. The van der Waals surface area contributed by atoms with E-state index >= 15 is 0 Å². The fourth-order valence-electron chi connectivity index (χ4n) is 2.12. The van der Waals surface area contributed by atoms with Crippen molar-refractivity contribution in [2.45, 2.75) is 33.1 Å². The molecule has 0 saturated heterocycles. The third kappa shape index (κ3) is 4.23. The second-order valence-electron chi connectivity index (χ2n) is 6.53. The molecule has 128 valence electrons. The van der Waals surface area contributed by atoms with Gasteiger partial charge in [0.2, 0.25) is 0 Å². The molecule has 4 nitrogen and oxygen atoms in total. The predicted octanol–water partition coefficient (Wildman–Crippen LogP) is 4.66. The molecule has 1 heterocycles. The lowest BCUT2D eigenvalue weighted by Crippen LogP contribution is -2.10. The first-order chi connectivity index (χ1) is 11.2. The zero-order chi connectivity index (χ0) is 17.9. The topological polar surface area (TPSA) is 48.4 Å². The van der Waals surface area contributed by atoms with Crippen molar-refractivity contribution >= 4 is 23.2 Å². The molecular weight excluding hydrogens is 322 g/mol. The first-order valence-corrected chi connectivity index (χ1v) is 8.49. The molecule has 0 aliphatic rings. The first-order valence-electron chi connectivity index (χ1n) is 7.68. The Bertz CT molecular complexity index is 747. The van der Waals surface area contributed by atoms with E-state index in [1.54, 1.807) is 32.4 Å². The summed E-state index contributed by atoms with van der Waals surface area (Å²) in [5.74, 6) is 1.33. The molecule has 0 bridgehead atoms. The van der Waals surface area contributed by atoms with E-state index in [9.17, 15) is 4.79 Å². The summed E-state index contributed by atoms with van der Waals surface area (Å²) in [7, 11) is 3.20. The summed E-state index contributed by atoms with van der Waals surface area (Å²) in [6.07, 6.45) is 3.34. The molecule has 0 spiro atoms. The van der Waals surface area contributed by atoms with Crippen LogP contribution in [-0.2, 0) is 5.41 Å². The maximum absolute atomic E-state index is 12.5. The van der Waals surface area contributed by atoms with Crippen molar-refractivity contribution in [1.29, 1.82) is 0 Å². The average Bonchev–Trinajstić information content (AvgIpc) is 2.94. The first kappa shape index (κ1) is 18.2. The van der Waals surface area contributed by atoms with Crippen molar-refractivity contribution in [1.82, 2.24) is 4.98 Å². The Morgan fingerprint density at radius 3 is 2.17 bits per heavy atom. The van der Waals surface area contributed by atoms with Crippen molar-refractivity contribution in [3.05, 3.63) is 45.4 Å². The van der Waals surface area contributed by atoms with E-state index in [1.807, 2.05) is 19.1 Å². The number of nitrogens with zero attached hydrogens (tertiary/aromatic N) is 1. The van der Waals surface area contributed by atoms with Gasteiger partial charge in [0, 0.05) is 11.5 Å². The van der Waals surface area contributed by atoms with E-state index in [1.165, 1.54) is 11.3 Å². The van der Waals surface area contributed by atoms with Crippen LogP contribution in [0.5, 0.6) is 11.5 Å². The van der Waals surface area contributed by atoms with E-state index in [-0.39, 0.29) is 11.2 Å². The number of benzene rings is 1. The smallest absolute Gasteiger partial charge is 0.197 e. The molecule has 0 saturated carbocycles. The van der Waals surface area contributed by atoms with Gasteiger partial charge >= 0.3 is 0 Å². The molecule has 0 atom stereocenters. The van der Waals surface area contributed by atoms with Gasteiger partial charge in [-0.25, -0.2) is 4.98 Å². The molecule has 2 aromatic rings. The highest BCUT2D eigenvalue weighted by Gasteiger charge is 2.22. The molecule has 24 heavy (non-hydrogen) atoms. The number of aryl methyl sites for hydroxylation is 1. The number of aromatic nitrogens is 1. The molecule has 0 unspecified atom stereocenters. The number of carbonyl (C=O) groups excluding carboxylic acids is 1. The highest BCUT2D eigenvalue weighted by molar-refractivity contribution is 7.14. The minimum atomic E-state index is -0.0577. The van der Waals surface area contributed by atoms with Gasteiger partial charge in [-0.15, -0.1) is 11.3 Å². The van der Waals surface area contributed by atoms with Gasteiger partial charge in [0.25, 0.3) is 0 Å². The Morgan fingerprint density at radius 1 is 1.12 bits per heavy atom. The Morgan fingerprint density at radius 2 is 1.71 bits per heavy atom. The highest BCUT2D eigenvalue weighted by Crippen LogP contribution is 2.30. The van der Waals surface area contributed by atoms with Gasteiger partial charge in [0.1, 0.15) is 11.5 Å². The molecule has 0 aliphatic heterocycles. The number of carbonyl (C=O) groups is 1. The summed E-state index contributed by atoms with van der Waals surface area (Å²) in [6.45, 7) is 8.16. The fourth-order valence-corrected chi connectivity index (χ4v) is 3.16. The zero-order valence-corrected chi connectivity index (χ0v) is 15.8. The lowest BCUT2D eigenvalue weighted by Gasteiger charge is -2.13. The van der Waals surface area contributed by atoms with E-state index in [2.05, 4.69) is 25.8 Å². The maximum atomic E-state index is 12.5. The molecular formula is C19H23NO3S. The van der Waals surface area contributed by atoms with E-state index in [0.29, 0.717) is 16.4 Å². The number of ketones is 1. The zero-order valence-electron chi connectivity index (χ0n) is 15.0. The van der Waals surface area contributed by atoms with Crippen molar-refractivity contribution in [2.75, 3.05) is 14.2 Å². The van der Waals surface area contributed by atoms with Crippen LogP contribution in [0.4, 0.5) is 0 Å². The van der Waals surface area contributed by atoms with Crippen molar-refractivity contribution in [3.8, 4) is 11.5 Å². The van der Waals surface area contributed by atoms with Crippen LogP contribution in [0.2, 0.25) is 0 Å². The summed E-state index contributed by atoms with van der Waals surface area (Å²) in [6, 6.07) is 5.50. The van der Waals surface area contributed by atoms with E-state index in [0.717, 1.165) is 16.3 Å². The number of methoxy groups -OCH3 is 2. The number of hydrogen-bond donors (Lipinski definition) is 0. The van der Waals surface area contributed by atoms with Crippen LogP contribution in [0.3, 0.4) is 0 Å². The molecule has 0 radical (unpaired) electrons. The number of ether oxygens (including phenoxy) is 2. The molecule has 0 fully saturated rings. The summed E-state index contributed by atoms with van der Waals surface area (Å²) in [4.78, 5) is 17.7. The fraction of sp³-hybridized carbons (Fsp3) is 0.368. The van der Waals surface area contributed by atoms with Gasteiger partial charge in [-0.3, -0.25) is 4.79 Å². The standard InChI is InChI=1S/C19H23NO3S/c1-12-17(24-18(20-12)19(2,3)4)16(21)8-7-13-9-14(22-5)11-15(10-13)23-6/h7-11H,1-6H3. The minimum Gasteiger partial charge on any atom is -0.497 e. The lowest BCUT2D eigenvalue weighted by molar-refractivity contribution is 0.105. The summed E-state index contributed by atoms with van der Waals surface area (Å²) >= 11 is 1.46. The van der Waals surface area contributed by atoms with Crippen molar-refractivity contribution in [3.63, 3.8) is 0 Å². The Kier molecular flexibility index (Phi) is 5.44. The number of allylic oxidation sites excluding steroid dienone is 1. The van der Waals surface area contributed by atoms with E-state index < -0.39 is 0 Å². The SMILES string of the molecule is COc1cc(C=CC(=O)c2sc(C(C)(C)C)nc2C)cc(OC)c1. The molecule has 0 aliphatic carbocycles. The maximum Gasteiger partial charge on any atom is 0.197 e. The van der Waals surface area contributed by atoms with Gasteiger partial charge in [0.15, 0.2) is 5.78 Å². The van der Waals surface area contributed by atoms with Crippen LogP contribution < -0.4 is 9.47 Å². The van der Waals surface area contributed by atoms with Crippen molar-refractivity contribution < 1.29 is 14.3 Å². The Balaban J connectivity index is 2.27. The Hall–Kier alpha value is -2.14. The molecule has 0 N–H and O–H groups in total. The Labute approximate surface area is 147 Å². The second-order valence-corrected chi connectivity index (χ2v) is 7.53. The van der Waals surface area contributed by atoms with Crippen LogP contribution in [-0.4, -0.2) is 25.0 Å². The van der Waals surface area contributed by atoms with Gasteiger partial charge in [-0.1, -0.05) is 26.8 Å². The van der Waals surface area contributed by atoms with Gasteiger partial charge in [-0.2, -0.15) is 0 Å². The number of rotatable bonds is 5. The molecule has 1 aromatic heterocycles. The molecule has 2 rings (SSSR count). The third-order valence-electron chi connectivity index (χ3n) is 3.46. The van der Waals surface area contributed by atoms with Gasteiger partial charge in [-0.05, 0) is 30.7 Å². The predicted molar refractivity (Wildman–Crippen MR) is 98.5 cm³/mol. The third-order valence-corrected chi connectivity index (χ3v) is 5.06. The van der Waals surface area contributed by atoms with Crippen LogP contribution in [0.1, 0.15) is 46.7 Å². The molecule has 5 heteroatoms. The minimum absolute atomic E-state index is 0.0395. The van der Waals surface area contributed by atoms with E-state index in [4.69, 9.17) is 9.47 Å². The van der Waals surface area contributed by atoms with Crippen molar-refractivity contribution in [2.24, 2.45) is 0 Å². The van der Waals surface area contributed by atoms with Crippen LogP contribution in [0.15, 0.2) is 24.3 Å². The summed E-state index contributed by atoms with van der Waals surface area (Å²) in [5.41, 5.74) is 1.57. The molecule has 1 aromatic carbocycles. The van der Waals surface area contributed by atoms with Crippen LogP contribution >= 0.6 is 11.3 Å². The quantitative estimate of drug-likeness (QED) is 0.584. The van der Waals surface area contributed by atoms with Crippen LogP contribution in [0.25, 0.3) is 6.08 Å². The molecule has 0 amide bonds. The normalized spacial score (nSPS) is 11.8. The monoisotopic (exact) mass is 345 g/mol. The van der Waals surface area contributed by atoms with Gasteiger partial charge < -0.3 is 9.47 Å². The highest BCUT2D eigenvalue weighted by atomic mass is 32.1. The second kappa shape index (κ2) is 7.18. The number of thiazole rings is 1. The number of hydrogen-bond acceptors (Lipinski definition) is 5. The summed E-state index contributed by atoms with van der Waals surface area (Å²) < 4.78 is 10.5. The average molecular weight is 345 g/mol. The lowest BCUT2D eigenvalue weighted by atomic mass is 9.98. The van der Waals surface area contributed by atoms with Gasteiger partial charge in [0.05, 0.1) is 29.8 Å². The summed E-state index contributed by atoms with van der Waals surface area (Å²) in [5, 5.41) is 0.972.